The molecule has 0 spiro atoms. The van der Waals surface area contributed by atoms with Gasteiger partial charge in [-0.05, 0) is 46.8 Å². The van der Waals surface area contributed by atoms with Gasteiger partial charge >= 0.3 is 0 Å². The highest BCUT2D eigenvalue weighted by Crippen LogP contribution is 2.14. The first-order valence-electron chi connectivity index (χ1n) is 9.74. The Morgan fingerprint density at radius 3 is 2.67 bits per heavy atom. The number of aromatic nitrogens is 3. The molecule has 0 saturated heterocycles. The first kappa shape index (κ1) is 21.0. The summed E-state index contributed by atoms with van der Waals surface area (Å²) in [6.07, 6.45) is 2.34. The predicted molar refractivity (Wildman–Crippen MR) is 109 cm³/mol. The van der Waals surface area contributed by atoms with E-state index in [1.807, 2.05) is 12.1 Å². The van der Waals surface area contributed by atoms with Crippen molar-refractivity contribution in [2.75, 3.05) is 26.2 Å². The molecule has 2 aromatic heterocycles. The Morgan fingerprint density at radius 1 is 1.26 bits per heavy atom. The summed E-state index contributed by atoms with van der Waals surface area (Å²) in [5, 5.41) is 13.8. The lowest BCUT2D eigenvalue weighted by Gasteiger charge is -2.29. The molecule has 0 unspecified atom stereocenters. The summed E-state index contributed by atoms with van der Waals surface area (Å²) in [5.74, 6) is 2.89. The molecule has 0 aromatic carbocycles. The second-order valence-electron chi connectivity index (χ2n) is 6.95. The standard InChI is InChI=1S/C19H33N7O/c1-6-20-19(22-11-12-26(14(2)3)15(4)5)21-10-9-17-23-18(25-24-17)16-8-7-13-27-16/h7-8,13-15H,6,9-12H2,1-5H3,(H2,20,21,22)(H,23,24,25). The average molecular weight is 376 g/mol. The minimum absolute atomic E-state index is 0.519. The minimum Gasteiger partial charge on any atom is -0.461 e. The summed E-state index contributed by atoms with van der Waals surface area (Å²) in [7, 11) is 0. The lowest BCUT2D eigenvalue weighted by atomic mass is 10.2. The van der Waals surface area contributed by atoms with Gasteiger partial charge in [-0.15, -0.1) is 0 Å². The summed E-state index contributed by atoms with van der Waals surface area (Å²) in [5.41, 5.74) is 0. The van der Waals surface area contributed by atoms with Crippen LogP contribution in [0.5, 0.6) is 0 Å². The highest BCUT2D eigenvalue weighted by molar-refractivity contribution is 5.79. The SMILES string of the molecule is CCNC(=NCCN(C(C)C)C(C)C)NCCc1nc(-c2ccco2)n[nH]1. The van der Waals surface area contributed by atoms with E-state index in [1.165, 1.54) is 0 Å². The van der Waals surface area contributed by atoms with E-state index in [2.05, 4.69) is 70.3 Å². The Bertz CT molecular complexity index is 668. The number of nitrogens with one attached hydrogen (secondary N) is 3. The van der Waals surface area contributed by atoms with E-state index in [4.69, 9.17) is 4.42 Å². The van der Waals surface area contributed by atoms with Crippen LogP contribution in [0.4, 0.5) is 0 Å². The molecule has 0 aliphatic heterocycles. The van der Waals surface area contributed by atoms with Crippen molar-refractivity contribution < 1.29 is 4.42 Å². The quantitative estimate of drug-likeness (QED) is 0.436. The van der Waals surface area contributed by atoms with Gasteiger partial charge in [-0.1, -0.05) is 0 Å². The van der Waals surface area contributed by atoms with Crippen molar-refractivity contribution in [1.82, 2.24) is 30.7 Å². The van der Waals surface area contributed by atoms with Gasteiger partial charge < -0.3 is 15.1 Å². The van der Waals surface area contributed by atoms with Gasteiger partial charge in [-0.2, -0.15) is 5.10 Å². The fraction of sp³-hybridized carbons (Fsp3) is 0.632. The number of H-pyrrole nitrogens is 1. The molecule has 3 N–H and O–H groups in total. The lowest BCUT2D eigenvalue weighted by Crippen LogP contribution is -2.41. The molecule has 8 heteroatoms. The highest BCUT2D eigenvalue weighted by atomic mass is 16.3. The second kappa shape index (κ2) is 10.7. The Hall–Kier alpha value is -2.35. The molecule has 0 fully saturated rings. The van der Waals surface area contributed by atoms with Crippen LogP contribution in [0.2, 0.25) is 0 Å². The van der Waals surface area contributed by atoms with Crippen molar-refractivity contribution in [2.45, 2.75) is 53.1 Å². The normalized spacial score (nSPS) is 12.4. The van der Waals surface area contributed by atoms with Crippen LogP contribution < -0.4 is 10.6 Å². The molecule has 2 rings (SSSR count). The largest absolute Gasteiger partial charge is 0.461 e. The van der Waals surface area contributed by atoms with Crippen LogP contribution in [-0.4, -0.2) is 64.3 Å². The number of hydrogen-bond donors (Lipinski definition) is 3. The number of aromatic amines is 1. The number of rotatable bonds is 10. The summed E-state index contributed by atoms with van der Waals surface area (Å²) in [6.45, 7) is 14.2. The Labute approximate surface area is 161 Å². The van der Waals surface area contributed by atoms with Crippen LogP contribution >= 0.6 is 0 Å². The summed E-state index contributed by atoms with van der Waals surface area (Å²) in [6, 6.07) is 4.71. The third kappa shape index (κ3) is 6.71. The van der Waals surface area contributed by atoms with Crippen molar-refractivity contribution in [2.24, 2.45) is 4.99 Å². The smallest absolute Gasteiger partial charge is 0.216 e. The number of guanidine groups is 1. The third-order valence-corrected chi connectivity index (χ3v) is 4.23. The maximum atomic E-state index is 5.31. The molecule has 150 valence electrons. The van der Waals surface area contributed by atoms with E-state index in [9.17, 15) is 0 Å². The van der Waals surface area contributed by atoms with E-state index in [1.54, 1.807) is 6.26 Å². The maximum Gasteiger partial charge on any atom is 0.216 e. The van der Waals surface area contributed by atoms with Crippen LogP contribution in [0.25, 0.3) is 11.6 Å². The monoisotopic (exact) mass is 375 g/mol. The molecule has 0 amide bonds. The van der Waals surface area contributed by atoms with E-state index in [-0.39, 0.29) is 0 Å². The van der Waals surface area contributed by atoms with Crippen molar-refractivity contribution in [3.8, 4) is 11.6 Å². The Kier molecular flexibility index (Phi) is 8.32. The lowest BCUT2D eigenvalue weighted by molar-refractivity contribution is 0.181. The molecule has 0 radical (unpaired) electrons. The molecule has 0 atom stereocenters. The fourth-order valence-electron chi connectivity index (χ4n) is 2.95. The molecular weight excluding hydrogens is 342 g/mol. The van der Waals surface area contributed by atoms with Crippen molar-refractivity contribution in [3.05, 3.63) is 24.2 Å². The molecule has 27 heavy (non-hydrogen) atoms. The number of furan rings is 1. The molecule has 0 saturated carbocycles. The van der Waals surface area contributed by atoms with Gasteiger partial charge in [0, 0.05) is 38.1 Å². The summed E-state index contributed by atoms with van der Waals surface area (Å²) < 4.78 is 5.31. The van der Waals surface area contributed by atoms with Crippen molar-refractivity contribution in [1.29, 1.82) is 0 Å². The zero-order valence-corrected chi connectivity index (χ0v) is 17.1. The van der Waals surface area contributed by atoms with E-state index in [0.717, 1.165) is 44.4 Å². The van der Waals surface area contributed by atoms with Crippen LogP contribution in [0.1, 0.15) is 40.4 Å². The van der Waals surface area contributed by atoms with Gasteiger partial charge in [0.15, 0.2) is 11.7 Å². The first-order valence-corrected chi connectivity index (χ1v) is 9.74. The Morgan fingerprint density at radius 2 is 2.04 bits per heavy atom. The van der Waals surface area contributed by atoms with Crippen molar-refractivity contribution in [3.63, 3.8) is 0 Å². The molecule has 0 bridgehead atoms. The van der Waals surface area contributed by atoms with Gasteiger partial charge in [0.1, 0.15) is 5.82 Å². The van der Waals surface area contributed by atoms with Gasteiger partial charge in [-0.25, -0.2) is 4.98 Å². The number of hydrogen-bond acceptors (Lipinski definition) is 5. The van der Waals surface area contributed by atoms with Gasteiger partial charge in [0.05, 0.1) is 12.8 Å². The summed E-state index contributed by atoms with van der Waals surface area (Å²) >= 11 is 0. The highest BCUT2D eigenvalue weighted by Gasteiger charge is 2.12. The van der Waals surface area contributed by atoms with Gasteiger partial charge in [-0.3, -0.25) is 15.0 Å². The van der Waals surface area contributed by atoms with Crippen LogP contribution in [-0.2, 0) is 6.42 Å². The molecule has 0 aliphatic rings. The fourth-order valence-corrected chi connectivity index (χ4v) is 2.95. The average Bonchev–Trinajstić information content (AvgIpc) is 3.29. The topological polar surface area (TPSA) is 94.4 Å². The Balaban J connectivity index is 1.81. The maximum absolute atomic E-state index is 5.31. The van der Waals surface area contributed by atoms with Crippen molar-refractivity contribution >= 4 is 5.96 Å². The number of nitrogens with zero attached hydrogens (tertiary/aromatic N) is 4. The third-order valence-electron chi connectivity index (χ3n) is 4.23. The minimum atomic E-state index is 0.519. The van der Waals surface area contributed by atoms with Crippen LogP contribution in [0.3, 0.4) is 0 Å². The van der Waals surface area contributed by atoms with Gasteiger partial charge in [0.2, 0.25) is 5.82 Å². The molecular formula is C19H33N7O. The van der Waals surface area contributed by atoms with E-state index in [0.29, 0.717) is 23.7 Å². The van der Waals surface area contributed by atoms with E-state index >= 15 is 0 Å². The predicted octanol–water partition coefficient (Wildman–Crippen LogP) is 2.28. The molecule has 8 nitrogen and oxygen atoms in total. The van der Waals surface area contributed by atoms with Gasteiger partial charge in [0.25, 0.3) is 0 Å². The number of aliphatic imine (C=N–C) groups is 1. The van der Waals surface area contributed by atoms with E-state index < -0.39 is 0 Å². The molecule has 2 heterocycles. The molecule has 2 aromatic rings. The first-order chi connectivity index (χ1) is 13.0. The van der Waals surface area contributed by atoms with Crippen LogP contribution in [0.15, 0.2) is 27.8 Å². The second-order valence-corrected chi connectivity index (χ2v) is 6.95. The zero-order chi connectivity index (χ0) is 19.6. The zero-order valence-electron chi connectivity index (χ0n) is 17.1. The van der Waals surface area contributed by atoms with Crippen LogP contribution in [0, 0.1) is 0 Å². The summed E-state index contributed by atoms with van der Waals surface area (Å²) in [4.78, 5) is 11.6. The molecule has 0 aliphatic carbocycles.